The number of nitrogens with one attached hydrogen (secondary N) is 1. The van der Waals surface area contributed by atoms with Gasteiger partial charge in [0.1, 0.15) is 5.75 Å². The molecule has 1 aromatic heterocycles. The normalized spacial score (nSPS) is 10.7. The van der Waals surface area contributed by atoms with Gasteiger partial charge >= 0.3 is 5.97 Å². The summed E-state index contributed by atoms with van der Waals surface area (Å²) in [6.45, 7) is 4.78. The Morgan fingerprint density at radius 2 is 2.00 bits per heavy atom. The fourth-order valence-corrected chi connectivity index (χ4v) is 1.87. The van der Waals surface area contributed by atoms with E-state index in [4.69, 9.17) is 9.84 Å². The van der Waals surface area contributed by atoms with E-state index in [0.717, 1.165) is 11.3 Å². The van der Waals surface area contributed by atoms with Gasteiger partial charge in [-0.15, -0.1) is 0 Å². The lowest BCUT2D eigenvalue weighted by Crippen LogP contribution is -2.17. The van der Waals surface area contributed by atoms with Gasteiger partial charge in [-0.25, -0.2) is 5.10 Å². The molecule has 0 aliphatic rings. The van der Waals surface area contributed by atoms with Crippen molar-refractivity contribution in [3.8, 4) is 17.0 Å². The van der Waals surface area contributed by atoms with Crippen molar-refractivity contribution in [3.05, 3.63) is 46.2 Å². The number of nitrogens with zero attached hydrogens (tertiary/aromatic N) is 1. The minimum atomic E-state index is -1.06. The summed E-state index contributed by atoms with van der Waals surface area (Å²) in [6.07, 6.45) is -0.333. The van der Waals surface area contributed by atoms with Gasteiger partial charge in [0.15, 0.2) is 0 Å². The fraction of sp³-hybridized carbons (Fsp3) is 0.312. The molecule has 0 saturated heterocycles. The number of carbonyl (C=O) groups is 1. The second-order valence-electron chi connectivity index (χ2n) is 5.41. The van der Waals surface area contributed by atoms with E-state index < -0.39 is 11.5 Å². The van der Waals surface area contributed by atoms with Crippen molar-refractivity contribution >= 4 is 5.97 Å². The van der Waals surface area contributed by atoms with Crippen LogP contribution in [0.5, 0.6) is 5.75 Å². The van der Waals surface area contributed by atoms with Gasteiger partial charge in [-0.1, -0.05) is 13.8 Å². The minimum absolute atomic E-state index is 0.178. The van der Waals surface area contributed by atoms with Crippen molar-refractivity contribution in [3.63, 3.8) is 0 Å². The zero-order valence-corrected chi connectivity index (χ0v) is 12.5. The fourth-order valence-electron chi connectivity index (χ4n) is 1.87. The molecule has 22 heavy (non-hydrogen) atoms. The Kier molecular flexibility index (Phi) is 4.93. The van der Waals surface area contributed by atoms with E-state index in [-0.39, 0.29) is 12.0 Å². The maximum Gasteiger partial charge on any atom is 0.308 e. The van der Waals surface area contributed by atoms with Crippen LogP contribution in [0.2, 0.25) is 0 Å². The molecular formula is C16H18N2O4. The standard InChI is InChI=1S/C16H18N2O4/c1-10(2)9-22-13-5-3-11(4-6-13)14-7-12(8-15(19)20)16(21)18-17-14/h3-7,10H,8-9H2,1-2H3,(H,18,21)(H,19,20). The number of aliphatic carboxylic acids is 1. The third kappa shape index (κ3) is 4.18. The number of aromatic amines is 1. The van der Waals surface area contributed by atoms with E-state index in [1.54, 1.807) is 0 Å². The predicted octanol–water partition coefficient (Wildman–Crippen LogP) is 2.10. The molecule has 0 fully saturated rings. The van der Waals surface area contributed by atoms with Crippen LogP contribution in [0.15, 0.2) is 35.1 Å². The van der Waals surface area contributed by atoms with Gasteiger partial charge < -0.3 is 9.84 Å². The number of rotatable bonds is 6. The summed E-state index contributed by atoms with van der Waals surface area (Å²) >= 11 is 0. The molecular weight excluding hydrogens is 284 g/mol. The molecule has 0 aliphatic carbocycles. The molecule has 0 saturated carbocycles. The number of ether oxygens (including phenoxy) is 1. The molecule has 0 unspecified atom stereocenters. The first kappa shape index (κ1) is 15.8. The van der Waals surface area contributed by atoms with Gasteiger partial charge in [-0.3, -0.25) is 9.59 Å². The van der Waals surface area contributed by atoms with Gasteiger partial charge in [0.05, 0.1) is 18.7 Å². The quantitative estimate of drug-likeness (QED) is 0.852. The van der Waals surface area contributed by atoms with E-state index in [1.807, 2.05) is 24.3 Å². The van der Waals surface area contributed by atoms with E-state index in [9.17, 15) is 9.59 Å². The van der Waals surface area contributed by atoms with E-state index in [0.29, 0.717) is 18.2 Å². The number of H-pyrrole nitrogens is 1. The van der Waals surface area contributed by atoms with Crippen LogP contribution in [0.4, 0.5) is 0 Å². The summed E-state index contributed by atoms with van der Waals surface area (Å²) in [7, 11) is 0. The van der Waals surface area contributed by atoms with Crippen LogP contribution >= 0.6 is 0 Å². The first-order valence-corrected chi connectivity index (χ1v) is 6.99. The number of carboxylic acid groups (broad SMARTS) is 1. The third-order valence-electron chi connectivity index (χ3n) is 2.96. The molecule has 1 aromatic carbocycles. The largest absolute Gasteiger partial charge is 0.493 e. The second kappa shape index (κ2) is 6.89. The number of carboxylic acids is 1. The van der Waals surface area contributed by atoms with E-state index in [2.05, 4.69) is 24.0 Å². The van der Waals surface area contributed by atoms with Crippen molar-refractivity contribution in [2.24, 2.45) is 5.92 Å². The smallest absolute Gasteiger partial charge is 0.308 e. The van der Waals surface area contributed by atoms with Crippen molar-refractivity contribution in [1.82, 2.24) is 10.2 Å². The molecule has 2 aromatic rings. The van der Waals surface area contributed by atoms with Crippen LogP contribution in [0.25, 0.3) is 11.3 Å². The van der Waals surface area contributed by atoms with Crippen LogP contribution in [-0.4, -0.2) is 27.9 Å². The summed E-state index contributed by atoms with van der Waals surface area (Å²) in [5.41, 5.74) is 0.992. The Morgan fingerprint density at radius 1 is 1.32 bits per heavy atom. The lowest BCUT2D eigenvalue weighted by molar-refractivity contribution is -0.136. The summed E-state index contributed by atoms with van der Waals surface area (Å²) in [5, 5.41) is 15.1. The monoisotopic (exact) mass is 302 g/mol. The van der Waals surface area contributed by atoms with Crippen LogP contribution < -0.4 is 10.3 Å². The molecule has 0 aliphatic heterocycles. The third-order valence-corrected chi connectivity index (χ3v) is 2.96. The van der Waals surface area contributed by atoms with E-state index in [1.165, 1.54) is 6.07 Å². The topological polar surface area (TPSA) is 92.3 Å². The Hall–Kier alpha value is -2.63. The molecule has 0 spiro atoms. The molecule has 2 N–H and O–H groups in total. The Balaban J connectivity index is 2.21. The van der Waals surface area contributed by atoms with E-state index >= 15 is 0 Å². The lowest BCUT2D eigenvalue weighted by Gasteiger charge is -2.09. The average Bonchev–Trinajstić information content (AvgIpc) is 2.47. The van der Waals surface area contributed by atoms with Crippen molar-refractivity contribution in [1.29, 1.82) is 0 Å². The zero-order chi connectivity index (χ0) is 16.1. The predicted molar refractivity (Wildman–Crippen MR) is 82.0 cm³/mol. The van der Waals surface area contributed by atoms with Gasteiger partial charge in [0.25, 0.3) is 5.56 Å². The van der Waals surface area contributed by atoms with Gasteiger partial charge in [0.2, 0.25) is 0 Å². The van der Waals surface area contributed by atoms with Gasteiger partial charge in [0, 0.05) is 11.1 Å². The number of hydrogen-bond acceptors (Lipinski definition) is 4. The SMILES string of the molecule is CC(C)COc1ccc(-c2cc(CC(=O)O)c(=O)[nH]n2)cc1. The Morgan fingerprint density at radius 3 is 2.59 bits per heavy atom. The molecule has 0 radical (unpaired) electrons. The van der Waals surface area contributed by atoms with Crippen molar-refractivity contribution in [2.75, 3.05) is 6.61 Å². The molecule has 6 heteroatoms. The highest BCUT2D eigenvalue weighted by molar-refractivity contribution is 5.71. The first-order valence-electron chi connectivity index (χ1n) is 6.99. The maximum absolute atomic E-state index is 11.5. The maximum atomic E-state index is 11.5. The van der Waals surface area contributed by atoms with Gasteiger partial charge in [-0.05, 0) is 36.2 Å². The van der Waals surface area contributed by atoms with Crippen LogP contribution in [0, 0.1) is 5.92 Å². The average molecular weight is 302 g/mol. The number of hydrogen-bond donors (Lipinski definition) is 2. The number of aromatic nitrogens is 2. The Bertz CT molecular complexity index is 705. The molecule has 2 rings (SSSR count). The molecule has 116 valence electrons. The highest BCUT2D eigenvalue weighted by Gasteiger charge is 2.09. The highest BCUT2D eigenvalue weighted by Crippen LogP contribution is 2.20. The highest BCUT2D eigenvalue weighted by atomic mass is 16.5. The lowest BCUT2D eigenvalue weighted by atomic mass is 10.1. The summed E-state index contributed by atoms with van der Waals surface area (Å²) in [6, 6.07) is 8.78. The Labute approximate surface area is 127 Å². The molecule has 0 atom stereocenters. The minimum Gasteiger partial charge on any atom is -0.493 e. The van der Waals surface area contributed by atoms with Crippen LogP contribution in [0.3, 0.4) is 0 Å². The number of benzene rings is 1. The first-order chi connectivity index (χ1) is 10.5. The molecule has 6 nitrogen and oxygen atoms in total. The van der Waals surface area contributed by atoms with Crippen molar-refractivity contribution in [2.45, 2.75) is 20.3 Å². The second-order valence-corrected chi connectivity index (χ2v) is 5.41. The van der Waals surface area contributed by atoms with Crippen LogP contribution in [-0.2, 0) is 11.2 Å². The summed E-state index contributed by atoms with van der Waals surface area (Å²) in [4.78, 5) is 22.3. The zero-order valence-electron chi connectivity index (χ0n) is 12.5. The van der Waals surface area contributed by atoms with Crippen LogP contribution in [0.1, 0.15) is 19.4 Å². The summed E-state index contributed by atoms with van der Waals surface area (Å²) in [5.74, 6) is 0.145. The molecule has 0 amide bonds. The molecule has 0 bridgehead atoms. The van der Waals surface area contributed by atoms with Crippen molar-refractivity contribution < 1.29 is 14.6 Å². The summed E-state index contributed by atoms with van der Waals surface area (Å²) < 4.78 is 5.60. The van der Waals surface area contributed by atoms with Gasteiger partial charge in [-0.2, -0.15) is 5.10 Å². The molecule has 1 heterocycles.